The van der Waals surface area contributed by atoms with Crippen LogP contribution in [0.5, 0.6) is 0 Å². The van der Waals surface area contributed by atoms with Gasteiger partial charge < -0.3 is 10.4 Å². The molecule has 0 unspecified atom stereocenters. The quantitative estimate of drug-likeness (QED) is 0.807. The number of hydrogen-bond acceptors (Lipinski definition) is 4. The van der Waals surface area contributed by atoms with Gasteiger partial charge in [-0.25, -0.2) is 4.79 Å². The molecule has 0 aliphatic rings. The molecule has 5 nitrogen and oxygen atoms in total. The first-order valence-electron chi connectivity index (χ1n) is 6.57. The van der Waals surface area contributed by atoms with E-state index < -0.39 is 5.97 Å². The van der Waals surface area contributed by atoms with Crippen LogP contribution in [-0.2, 0) is 11.3 Å². The molecular formula is C14H22N2O3S. The lowest BCUT2D eigenvalue weighted by Gasteiger charge is -2.16. The fourth-order valence-electron chi connectivity index (χ4n) is 1.75. The highest BCUT2D eigenvalue weighted by atomic mass is 32.1. The maximum absolute atomic E-state index is 11.7. The standard InChI is InChI=1S/C14H22N2O3S/c1-9(2)6-15-13(17)8-16(4)7-11-5-12(14(18)19)20-10(11)3/h5,9H,6-8H2,1-4H3,(H,15,17)(H,18,19). The molecule has 20 heavy (non-hydrogen) atoms. The summed E-state index contributed by atoms with van der Waals surface area (Å²) in [5.41, 5.74) is 0.964. The molecule has 2 N–H and O–H groups in total. The van der Waals surface area contributed by atoms with Crippen molar-refractivity contribution >= 4 is 23.2 Å². The van der Waals surface area contributed by atoms with Crippen molar-refractivity contribution in [2.75, 3.05) is 20.1 Å². The van der Waals surface area contributed by atoms with E-state index in [1.165, 1.54) is 11.3 Å². The van der Waals surface area contributed by atoms with Crippen molar-refractivity contribution in [3.8, 4) is 0 Å². The van der Waals surface area contributed by atoms with Crippen LogP contribution in [0.2, 0.25) is 0 Å². The van der Waals surface area contributed by atoms with Crippen LogP contribution in [0.1, 0.15) is 34.0 Å². The highest BCUT2D eigenvalue weighted by molar-refractivity contribution is 7.14. The summed E-state index contributed by atoms with van der Waals surface area (Å²) >= 11 is 1.27. The molecule has 0 spiro atoms. The van der Waals surface area contributed by atoms with Gasteiger partial charge in [0.15, 0.2) is 0 Å². The third-order valence-electron chi connectivity index (χ3n) is 2.79. The Bertz CT molecular complexity index is 483. The minimum atomic E-state index is -0.901. The number of nitrogens with zero attached hydrogens (tertiary/aromatic N) is 1. The lowest BCUT2D eigenvalue weighted by atomic mass is 10.2. The van der Waals surface area contributed by atoms with Crippen molar-refractivity contribution in [2.24, 2.45) is 5.92 Å². The molecule has 0 aliphatic heterocycles. The molecule has 0 aromatic carbocycles. The number of aromatic carboxylic acids is 1. The summed E-state index contributed by atoms with van der Waals surface area (Å²) < 4.78 is 0. The molecule has 1 rings (SSSR count). The molecule has 0 saturated heterocycles. The van der Waals surface area contributed by atoms with Gasteiger partial charge in [0, 0.05) is 18.0 Å². The monoisotopic (exact) mass is 298 g/mol. The van der Waals surface area contributed by atoms with E-state index >= 15 is 0 Å². The van der Waals surface area contributed by atoms with Crippen molar-refractivity contribution in [1.82, 2.24) is 10.2 Å². The lowest BCUT2D eigenvalue weighted by molar-refractivity contribution is -0.122. The van der Waals surface area contributed by atoms with Gasteiger partial charge in [-0.3, -0.25) is 9.69 Å². The second-order valence-electron chi connectivity index (χ2n) is 5.37. The molecule has 0 atom stereocenters. The molecule has 1 aromatic rings. The van der Waals surface area contributed by atoms with Gasteiger partial charge in [-0.1, -0.05) is 13.8 Å². The second-order valence-corrected chi connectivity index (χ2v) is 6.62. The van der Waals surface area contributed by atoms with Gasteiger partial charge in [0.2, 0.25) is 5.91 Å². The van der Waals surface area contributed by atoms with E-state index in [0.29, 0.717) is 30.4 Å². The van der Waals surface area contributed by atoms with Crippen LogP contribution in [-0.4, -0.2) is 42.0 Å². The molecule has 6 heteroatoms. The molecule has 1 aromatic heterocycles. The highest BCUT2D eigenvalue weighted by Crippen LogP contribution is 2.22. The van der Waals surface area contributed by atoms with Crippen LogP contribution in [0.15, 0.2) is 6.07 Å². The SMILES string of the molecule is Cc1sc(C(=O)O)cc1CN(C)CC(=O)NCC(C)C. The first-order valence-corrected chi connectivity index (χ1v) is 7.39. The van der Waals surface area contributed by atoms with Gasteiger partial charge in [-0.05, 0) is 31.5 Å². The first-order chi connectivity index (χ1) is 9.29. The van der Waals surface area contributed by atoms with Gasteiger partial charge in [-0.2, -0.15) is 0 Å². The van der Waals surface area contributed by atoms with Crippen molar-refractivity contribution in [3.63, 3.8) is 0 Å². The van der Waals surface area contributed by atoms with Gasteiger partial charge in [0.05, 0.1) is 6.54 Å². The fraction of sp³-hybridized carbons (Fsp3) is 0.571. The molecule has 0 saturated carbocycles. The summed E-state index contributed by atoms with van der Waals surface area (Å²) in [5, 5.41) is 11.8. The molecule has 0 bridgehead atoms. The number of carboxylic acids is 1. The minimum Gasteiger partial charge on any atom is -0.477 e. The Morgan fingerprint density at radius 3 is 2.60 bits per heavy atom. The Balaban J connectivity index is 2.51. The molecular weight excluding hydrogens is 276 g/mol. The molecule has 1 amide bonds. The zero-order valence-corrected chi connectivity index (χ0v) is 13.2. The van der Waals surface area contributed by atoms with E-state index in [-0.39, 0.29) is 5.91 Å². The summed E-state index contributed by atoms with van der Waals surface area (Å²) in [5.74, 6) is -0.476. The average Bonchev–Trinajstić information content (AvgIpc) is 2.68. The van der Waals surface area contributed by atoms with E-state index in [1.807, 2.05) is 32.7 Å². The van der Waals surface area contributed by atoms with Crippen LogP contribution in [0.4, 0.5) is 0 Å². The highest BCUT2D eigenvalue weighted by Gasteiger charge is 2.14. The van der Waals surface area contributed by atoms with E-state index in [9.17, 15) is 9.59 Å². The van der Waals surface area contributed by atoms with Crippen LogP contribution in [0.3, 0.4) is 0 Å². The zero-order chi connectivity index (χ0) is 15.3. The third kappa shape index (κ3) is 5.30. The van der Waals surface area contributed by atoms with E-state index in [0.717, 1.165) is 10.4 Å². The fourth-order valence-corrected chi connectivity index (χ4v) is 2.62. The maximum Gasteiger partial charge on any atom is 0.345 e. The number of rotatable bonds is 7. The van der Waals surface area contributed by atoms with Crippen LogP contribution >= 0.6 is 11.3 Å². The van der Waals surface area contributed by atoms with Gasteiger partial charge in [0.1, 0.15) is 4.88 Å². The maximum atomic E-state index is 11.7. The predicted octanol–water partition coefficient (Wildman–Crippen LogP) is 1.96. The molecule has 1 heterocycles. The molecule has 0 aliphatic carbocycles. The summed E-state index contributed by atoms with van der Waals surface area (Å²) in [6.07, 6.45) is 0. The van der Waals surface area contributed by atoms with Gasteiger partial charge >= 0.3 is 5.97 Å². The topological polar surface area (TPSA) is 69.6 Å². The number of likely N-dealkylation sites (N-methyl/N-ethyl adjacent to an activating group) is 1. The Kier molecular flexibility index (Phi) is 6.16. The number of thiophene rings is 1. The van der Waals surface area contributed by atoms with E-state index in [4.69, 9.17) is 5.11 Å². The van der Waals surface area contributed by atoms with Crippen LogP contribution in [0.25, 0.3) is 0 Å². The number of carbonyl (C=O) groups is 2. The molecule has 0 radical (unpaired) electrons. The van der Waals surface area contributed by atoms with Crippen LogP contribution in [0, 0.1) is 12.8 Å². The van der Waals surface area contributed by atoms with Crippen molar-refractivity contribution in [2.45, 2.75) is 27.3 Å². The number of carboxylic acid groups (broad SMARTS) is 1. The number of aryl methyl sites for hydroxylation is 1. The van der Waals surface area contributed by atoms with Crippen molar-refractivity contribution < 1.29 is 14.7 Å². The smallest absolute Gasteiger partial charge is 0.345 e. The van der Waals surface area contributed by atoms with Gasteiger partial charge in [0.25, 0.3) is 0 Å². The normalized spacial score (nSPS) is 11.1. The van der Waals surface area contributed by atoms with E-state index in [2.05, 4.69) is 5.32 Å². The zero-order valence-electron chi connectivity index (χ0n) is 12.4. The molecule has 112 valence electrons. The number of amides is 1. The Hall–Kier alpha value is -1.40. The molecule has 0 fully saturated rings. The van der Waals surface area contributed by atoms with Crippen molar-refractivity contribution in [1.29, 1.82) is 0 Å². The Morgan fingerprint density at radius 1 is 1.45 bits per heavy atom. The number of nitrogens with one attached hydrogen (secondary N) is 1. The number of hydrogen-bond donors (Lipinski definition) is 2. The largest absolute Gasteiger partial charge is 0.477 e. The first kappa shape index (κ1) is 16.7. The minimum absolute atomic E-state index is 0.00691. The summed E-state index contributed by atoms with van der Waals surface area (Å²) in [6, 6.07) is 1.69. The Labute approximate surface area is 123 Å². The number of carbonyl (C=O) groups excluding carboxylic acids is 1. The summed E-state index contributed by atoms with van der Waals surface area (Å²) in [7, 11) is 1.85. The second kappa shape index (κ2) is 7.40. The van der Waals surface area contributed by atoms with Crippen LogP contribution < -0.4 is 5.32 Å². The predicted molar refractivity (Wildman–Crippen MR) is 80.2 cm³/mol. The van der Waals surface area contributed by atoms with Gasteiger partial charge in [-0.15, -0.1) is 11.3 Å². The summed E-state index contributed by atoms with van der Waals surface area (Å²) in [6.45, 7) is 7.56. The van der Waals surface area contributed by atoms with E-state index in [1.54, 1.807) is 6.07 Å². The van der Waals surface area contributed by atoms with Crippen molar-refractivity contribution in [3.05, 3.63) is 21.4 Å². The lowest BCUT2D eigenvalue weighted by Crippen LogP contribution is -2.36. The summed E-state index contributed by atoms with van der Waals surface area (Å²) in [4.78, 5) is 25.8. The Morgan fingerprint density at radius 2 is 2.10 bits per heavy atom. The third-order valence-corrected chi connectivity index (χ3v) is 3.87. The average molecular weight is 298 g/mol.